The molecule has 0 radical (unpaired) electrons. The molecule has 0 atom stereocenters. The number of pyridine rings is 2. The van der Waals surface area contributed by atoms with Crippen molar-refractivity contribution in [1.82, 2.24) is 34.6 Å². The summed E-state index contributed by atoms with van der Waals surface area (Å²) in [5, 5.41) is 22.3. The average Bonchev–Trinajstić information content (AvgIpc) is 3.70. The molecule has 1 aliphatic carbocycles. The number of anilines is 1. The highest BCUT2D eigenvalue weighted by atomic mass is 16.6. The van der Waals surface area contributed by atoms with Crippen LogP contribution in [0.4, 0.5) is 10.6 Å². The fraction of sp³-hybridized carbons (Fsp3) is 0.526. The van der Waals surface area contributed by atoms with Crippen LogP contribution in [0.15, 0.2) is 49.2 Å². The summed E-state index contributed by atoms with van der Waals surface area (Å²) in [6.07, 6.45) is 13.5. The predicted octanol–water partition coefficient (Wildman–Crippen LogP) is 6.22. The summed E-state index contributed by atoms with van der Waals surface area (Å²) in [6.45, 7) is 14.8. The summed E-state index contributed by atoms with van der Waals surface area (Å²) in [4.78, 5) is 34.4. The number of hydrogen-bond acceptors (Lipinski definition) is 8. The summed E-state index contributed by atoms with van der Waals surface area (Å²) in [5.74, 6) is 1.03. The lowest BCUT2D eigenvalue weighted by Crippen LogP contribution is -2.64. The number of aromatic nitrogens is 5. The van der Waals surface area contributed by atoms with Crippen LogP contribution in [0.2, 0.25) is 0 Å². The third kappa shape index (κ3) is 6.18. The quantitative estimate of drug-likeness (QED) is 0.244. The molecule has 262 valence electrons. The van der Waals surface area contributed by atoms with E-state index in [0.717, 1.165) is 91.9 Å². The van der Waals surface area contributed by atoms with E-state index >= 15 is 0 Å². The number of rotatable bonds is 7. The van der Waals surface area contributed by atoms with Gasteiger partial charge in [0, 0.05) is 78.5 Å². The Hall–Kier alpha value is -4.92. The van der Waals surface area contributed by atoms with Crippen LogP contribution >= 0.6 is 0 Å². The third-order valence-electron chi connectivity index (χ3n) is 10.8. The van der Waals surface area contributed by atoms with Crippen LogP contribution in [0, 0.1) is 22.2 Å². The normalized spacial score (nSPS) is 18.5. The number of nitriles is 1. The fourth-order valence-corrected chi connectivity index (χ4v) is 7.92. The van der Waals surface area contributed by atoms with E-state index in [9.17, 15) is 14.9 Å². The first-order valence-electron chi connectivity index (χ1n) is 17.8. The second kappa shape index (κ2) is 12.4. The Morgan fingerprint density at radius 3 is 2.40 bits per heavy atom. The van der Waals surface area contributed by atoms with Crippen LogP contribution in [0.5, 0.6) is 0 Å². The minimum Gasteiger partial charge on any atom is -0.444 e. The molecule has 0 bridgehead atoms. The average molecular weight is 678 g/mol. The van der Waals surface area contributed by atoms with Crippen molar-refractivity contribution in [2.24, 2.45) is 10.8 Å². The Balaban J connectivity index is 1.06. The van der Waals surface area contributed by atoms with Crippen molar-refractivity contribution < 1.29 is 14.3 Å². The number of carbonyl (C=O) groups is 2. The second-order valence-corrected chi connectivity index (χ2v) is 15.9. The van der Waals surface area contributed by atoms with Gasteiger partial charge >= 0.3 is 6.09 Å². The van der Waals surface area contributed by atoms with Crippen molar-refractivity contribution in [1.29, 1.82) is 5.26 Å². The van der Waals surface area contributed by atoms with Gasteiger partial charge in [0.15, 0.2) is 0 Å². The topological polar surface area (TPSA) is 134 Å². The van der Waals surface area contributed by atoms with Gasteiger partial charge in [-0.05, 0) is 84.9 Å². The molecule has 2 amide bonds. The lowest BCUT2D eigenvalue weighted by atomic mass is 9.61. The number of carbonyl (C=O) groups excluding carboxylic acids is 2. The number of piperidine rings is 1. The van der Waals surface area contributed by atoms with E-state index in [4.69, 9.17) is 14.8 Å². The molecule has 0 unspecified atom stereocenters. The molecule has 1 spiro atoms. The number of likely N-dealkylation sites (tertiary alicyclic amines) is 1. The highest BCUT2D eigenvalue weighted by Crippen LogP contribution is 2.54. The zero-order valence-electron chi connectivity index (χ0n) is 29.9. The standard InChI is InChI=1S/C38H47N9O3/c1-7-38(34(48)43-25(2)3)10-12-44(13-11-38)32-9-8-26(18-40-32)31-14-27(21-47-33(31)28(17-39)19-42-47)29-20-41-46(22-29)30-15-37(16-30)23-45(24-37)35(49)50-36(4,5)6/h8-9,14,18-22,25,30H,7,10-13,15-16,23-24H2,1-6H3,(H,43,48). The van der Waals surface area contributed by atoms with Gasteiger partial charge in [0.25, 0.3) is 0 Å². The molecule has 3 fully saturated rings. The molecule has 1 saturated carbocycles. The molecule has 2 saturated heterocycles. The first kappa shape index (κ1) is 33.6. The summed E-state index contributed by atoms with van der Waals surface area (Å²) < 4.78 is 9.34. The Kier molecular flexibility index (Phi) is 8.36. The van der Waals surface area contributed by atoms with Gasteiger partial charge in [0.05, 0.1) is 34.9 Å². The number of fused-ring (bicyclic) bond motifs is 1. The SMILES string of the molecule is CCC1(C(=O)NC(C)C)CCN(c2ccc(-c3cc(-c4cnn(C5CC6(C5)CN(C(=O)OC(C)(C)C)C6)c4)cn4ncc(C#N)c34)cn2)CC1. The number of nitrogens with zero attached hydrogens (tertiary/aromatic N) is 8. The van der Waals surface area contributed by atoms with Gasteiger partial charge in [0.2, 0.25) is 5.91 Å². The fourth-order valence-electron chi connectivity index (χ4n) is 7.92. The summed E-state index contributed by atoms with van der Waals surface area (Å²) >= 11 is 0. The van der Waals surface area contributed by atoms with Gasteiger partial charge in [-0.3, -0.25) is 9.48 Å². The monoisotopic (exact) mass is 677 g/mol. The highest BCUT2D eigenvalue weighted by molar-refractivity contribution is 5.87. The lowest BCUT2D eigenvalue weighted by molar-refractivity contribution is -0.133. The zero-order valence-corrected chi connectivity index (χ0v) is 29.9. The molecule has 3 aliphatic rings. The smallest absolute Gasteiger partial charge is 0.410 e. The first-order chi connectivity index (χ1) is 23.8. The number of ether oxygens (including phenoxy) is 1. The number of nitrogens with one attached hydrogen (secondary N) is 1. The van der Waals surface area contributed by atoms with Crippen LogP contribution in [0.1, 0.15) is 85.3 Å². The maximum absolute atomic E-state index is 13.0. The van der Waals surface area contributed by atoms with Gasteiger partial charge in [-0.25, -0.2) is 14.3 Å². The molecule has 7 rings (SSSR count). The summed E-state index contributed by atoms with van der Waals surface area (Å²) in [6, 6.07) is 8.88. The van der Waals surface area contributed by atoms with E-state index in [1.54, 1.807) is 15.6 Å². The maximum Gasteiger partial charge on any atom is 0.410 e. The van der Waals surface area contributed by atoms with Gasteiger partial charge in [-0.2, -0.15) is 15.5 Å². The maximum atomic E-state index is 13.0. The molecule has 12 nitrogen and oxygen atoms in total. The first-order valence-corrected chi connectivity index (χ1v) is 17.8. The number of amides is 2. The minimum atomic E-state index is -0.493. The van der Waals surface area contributed by atoms with Crippen molar-refractivity contribution in [3.63, 3.8) is 0 Å². The molecule has 4 aromatic rings. The van der Waals surface area contributed by atoms with Crippen LogP contribution in [-0.2, 0) is 9.53 Å². The Bertz CT molecular complexity index is 1940. The molecule has 50 heavy (non-hydrogen) atoms. The van der Waals surface area contributed by atoms with E-state index in [1.807, 2.05) is 64.0 Å². The Morgan fingerprint density at radius 1 is 1.04 bits per heavy atom. The summed E-state index contributed by atoms with van der Waals surface area (Å²) in [7, 11) is 0. The van der Waals surface area contributed by atoms with Gasteiger partial charge < -0.3 is 19.9 Å². The van der Waals surface area contributed by atoms with Crippen molar-refractivity contribution in [2.75, 3.05) is 31.1 Å². The van der Waals surface area contributed by atoms with Gasteiger partial charge in [-0.15, -0.1) is 0 Å². The summed E-state index contributed by atoms with van der Waals surface area (Å²) in [5.41, 5.74) is 4.22. The minimum absolute atomic E-state index is 0.124. The van der Waals surface area contributed by atoms with Gasteiger partial charge in [0.1, 0.15) is 17.5 Å². The third-order valence-corrected chi connectivity index (χ3v) is 10.8. The Morgan fingerprint density at radius 2 is 1.78 bits per heavy atom. The predicted molar refractivity (Wildman–Crippen MR) is 190 cm³/mol. The lowest BCUT2D eigenvalue weighted by Gasteiger charge is -2.58. The molecule has 4 aromatic heterocycles. The molecular formula is C38H47N9O3. The van der Waals surface area contributed by atoms with E-state index < -0.39 is 5.60 Å². The second-order valence-electron chi connectivity index (χ2n) is 15.9. The largest absolute Gasteiger partial charge is 0.444 e. The molecule has 12 heteroatoms. The van der Waals surface area contributed by atoms with Crippen molar-refractivity contribution in [3.8, 4) is 28.3 Å². The van der Waals surface area contributed by atoms with E-state index in [2.05, 4.69) is 46.6 Å². The van der Waals surface area contributed by atoms with Crippen LogP contribution < -0.4 is 10.2 Å². The van der Waals surface area contributed by atoms with E-state index in [-0.39, 0.29) is 34.9 Å². The molecule has 2 aliphatic heterocycles. The van der Waals surface area contributed by atoms with Crippen molar-refractivity contribution in [3.05, 3.63) is 54.7 Å². The van der Waals surface area contributed by atoms with Crippen molar-refractivity contribution >= 4 is 23.3 Å². The Labute approximate surface area is 293 Å². The molecular weight excluding hydrogens is 630 g/mol. The van der Waals surface area contributed by atoms with Crippen LogP contribution in [0.3, 0.4) is 0 Å². The number of hydrogen-bond donors (Lipinski definition) is 1. The van der Waals surface area contributed by atoms with E-state index in [1.165, 1.54) is 0 Å². The van der Waals surface area contributed by atoms with E-state index in [0.29, 0.717) is 5.56 Å². The van der Waals surface area contributed by atoms with Crippen LogP contribution in [0.25, 0.3) is 27.8 Å². The zero-order chi connectivity index (χ0) is 35.4. The van der Waals surface area contributed by atoms with Gasteiger partial charge in [-0.1, -0.05) is 6.92 Å². The molecule has 1 N–H and O–H groups in total. The van der Waals surface area contributed by atoms with Crippen molar-refractivity contribution in [2.45, 2.75) is 91.3 Å². The molecule has 6 heterocycles. The molecule has 0 aromatic carbocycles. The van der Waals surface area contributed by atoms with Crippen LogP contribution in [-0.4, -0.2) is 79.1 Å². The highest BCUT2D eigenvalue weighted by Gasteiger charge is 2.55.